The summed E-state index contributed by atoms with van der Waals surface area (Å²) in [5, 5.41) is 0. The Morgan fingerprint density at radius 2 is 0.971 bits per heavy atom. The topological polar surface area (TPSA) is 95.8 Å². The predicted octanol–water partition coefficient (Wildman–Crippen LogP) is 7.35. The molecule has 6 unspecified atom stereocenters. The van der Waals surface area contributed by atoms with Gasteiger partial charge >= 0.3 is 15.5 Å². The van der Waals surface area contributed by atoms with E-state index >= 15 is 0 Å². The third-order valence-electron chi connectivity index (χ3n) is 7.78. The molecule has 0 radical (unpaired) electrons. The molecule has 0 aliphatic heterocycles. The highest BCUT2D eigenvalue weighted by atomic mass is 31.2. The van der Waals surface area contributed by atoms with Gasteiger partial charge in [0.15, 0.2) is 0 Å². The monoisotopic (exact) mass is 518 g/mol. The van der Waals surface area contributed by atoms with E-state index in [1.54, 1.807) is 0 Å². The third-order valence-corrected chi connectivity index (χ3v) is 11.1. The standard InChI is InChI=1S/2C12H22NO3P/c2*1-4-15-17(14,16-5-2)13-12-9(3)10-6-7-11(12)8-10/h2*9-11H,4-8H2,1-3H3/b2*13-12+. The molecule has 0 amide bonds. The summed E-state index contributed by atoms with van der Waals surface area (Å²) in [4.78, 5) is 0. The van der Waals surface area contributed by atoms with E-state index in [0.29, 0.717) is 50.1 Å². The Balaban J connectivity index is 0.000000191. The Morgan fingerprint density at radius 1 is 0.647 bits per heavy atom. The van der Waals surface area contributed by atoms with Gasteiger partial charge in [-0.15, -0.1) is 0 Å². The average molecular weight is 519 g/mol. The van der Waals surface area contributed by atoms with Gasteiger partial charge in [0, 0.05) is 11.4 Å². The summed E-state index contributed by atoms with van der Waals surface area (Å²) < 4.78 is 54.4. The first-order chi connectivity index (χ1) is 16.2. The summed E-state index contributed by atoms with van der Waals surface area (Å²) in [5.41, 5.74) is 2.15. The zero-order valence-corrected chi connectivity index (χ0v) is 23.6. The van der Waals surface area contributed by atoms with Crippen LogP contribution < -0.4 is 0 Å². The fourth-order valence-corrected chi connectivity index (χ4v) is 9.12. The molecule has 8 nitrogen and oxygen atoms in total. The second kappa shape index (κ2) is 12.3. The van der Waals surface area contributed by atoms with Crippen molar-refractivity contribution in [1.29, 1.82) is 0 Å². The Labute approximate surface area is 205 Å². The first-order valence-corrected chi connectivity index (χ1v) is 16.2. The van der Waals surface area contributed by atoms with Gasteiger partial charge in [-0.1, -0.05) is 13.8 Å². The van der Waals surface area contributed by atoms with E-state index in [-0.39, 0.29) is 0 Å². The van der Waals surface area contributed by atoms with Gasteiger partial charge in [-0.05, 0) is 102 Å². The lowest BCUT2D eigenvalue weighted by Gasteiger charge is -2.21. The van der Waals surface area contributed by atoms with Crippen molar-refractivity contribution in [3.05, 3.63) is 0 Å². The summed E-state index contributed by atoms with van der Waals surface area (Å²) in [5.74, 6) is 3.39. The molecule has 34 heavy (non-hydrogen) atoms. The van der Waals surface area contributed by atoms with Crippen LogP contribution in [0.5, 0.6) is 0 Å². The van der Waals surface area contributed by atoms with Gasteiger partial charge in [-0.3, -0.25) is 18.1 Å². The second-order valence-electron chi connectivity index (χ2n) is 9.78. The summed E-state index contributed by atoms with van der Waals surface area (Å²) in [6.45, 7) is 13.1. The molecule has 0 spiro atoms. The Morgan fingerprint density at radius 3 is 1.21 bits per heavy atom. The van der Waals surface area contributed by atoms with Crippen molar-refractivity contribution in [2.45, 2.75) is 80.1 Å². The maximum absolute atomic E-state index is 12.4. The number of rotatable bonds is 10. The molecule has 4 aliphatic rings. The highest BCUT2D eigenvalue weighted by molar-refractivity contribution is 7.52. The summed E-state index contributed by atoms with van der Waals surface area (Å²) in [7, 11) is -6.50. The molecule has 4 fully saturated rings. The molecule has 0 heterocycles. The first-order valence-electron chi connectivity index (χ1n) is 13.2. The molecule has 0 aromatic heterocycles. The molecule has 4 bridgehead atoms. The minimum atomic E-state index is -3.25. The van der Waals surface area contributed by atoms with E-state index in [9.17, 15) is 9.13 Å². The molecule has 6 atom stereocenters. The van der Waals surface area contributed by atoms with Crippen LogP contribution in [0.3, 0.4) is 0 Å². The van der Waals surface area contributed by atoms with Crippen LogP contribution in [-0.2, 0) is 27.2 Å². The number of fused-ring (bicyclic) bond motifs is 4. The van der Waals surface area contributed by atoms with Crippen molar-refractivity contribution in [2.75, 3.05) is 26.4 Å². The number of hydrogen-bond donors (Lipinski definition) is 0. The highest BCUT2D eigenvalue weighted by Crippen LogP contribution is 2.56. The Hall–Kier alpha value is -0.360. The molecule has 0 aromatic carbocycles. The van der Waals surface area contributed by atoms with Gasteiger partial charge in [-0.25, -0.2) is 9.13 Å². The fraction of sp³-hybridized carbons (Fsp3) is 0.917. The lowest BCUT2D eigenvalue weighted by molar-refractivity contribution is 0.220. The molecule has 0 N–H and O–H groups in total. The van der Waals surface area contributed by atoms with Crippen LogP contribution in [0.1, 0.15) is 80.1 Å². The molecule has 4 rings (SSSR count). The fourth-order valence-electron chi connectivity index (χ4n) is 6.18. The van der Waals surface area contributed by atoms with Crippen molar-refractivity contribution in [3.8, 4) is 0 Å². The van der Waals surface area contributed by atoms with Crippen LogP contribution >= 0.6 is 15.5 Å². The molecule has 10 heteroatoms. The molecule has 0 aromatic rings. The Kier molecular flexibility index (Phi) is 10.2. The van der Waals surface area contributed by atoms with Gasteiger partial charge in [0.2, 0.25) is 0 Å². The summed E-state index contributed by atoms with van der Waals surface area (Å²) in [6.07, 6.45) is 7.37. The van der Waals surface area contributed by atoms with Crippen LogP contribution in [0.4, 0.5) is 0 Å². The minimum absolute atomic E-state index is 0.372. The van der Waals surface area contributed by atoms with Crippen LogP contribution in [0, 0.1) is 35.5 Å². The van der Waals surface area contributed by atoms with Crippen LogP contribution in [0.2, 0.25) is 0 Å². The maximum Gasteiger partial charge on any atom is 0.453 e. The average Bonchev–Trinajstić information content (AvgIpc) is 3.55. The lowest BCUT2D eigenvalue weighted by atomic mass is 9.89. The van der Waals surface area contributed by atoms with Crippen LogP contribution in [-0.4, -0.2) is 37.9 Å². The van der Waals surface area contributed by atoms with Crippen molar-refractivity contribution in [2.24, 2.45) is 45.0 Å². The molecular formula is C24H44N2O6P2. The van der Waals surface area contributed by atoms with Gasteiger partial charge in [0.1, 0.15) is 0 Å². The molecule has 4 aliphatic carbocycles. The second-order valence-corrected chi connectivity index (χ2v) is 13.1. The van der Waals surface area contributed by atoms with E-state index in [1.165, 1.54) is 38.5 Å². The maximum atomic E-state index is 12.4. The lowest BCUT2D eigenvalue weighted by Crippen LogP contribution is -2.19. The zero-order valence-electron chi connectivity index (χ0n) is 21.8. The Bertz CT molecular complexity index is 751. The quantitative estimate of drug-likeness (QED) is 0.281. The molecule has 196 valence electrons. The predicted molar refractivity (Wildman–Crippen MR) is 137 cm³/mol. The first kappa shape index (κ1) is 28.2. The molecular weight excluding hydrogens is 474 g/mol. The third kappa shape index (κ3) is 6.49. The van der Waals surface area contributed by atoms with E-state index in [4.69, 9.17) is 18.1 Å². The normalized spacial score (nSPS) is 34.8. The van der Waals surface area contributed by atoms with Crippen molar-refractivity contribution in [1.82, 2.24) is 0 Å². The van der Waals surface area contributed by atoms with E-state index in [1.807, 2.05) is 27.7 Å². The largest absolute Gasteiger partial charge is 0.453 e. The minimum Gasteiger partial charge on any atom is -0.291 e. The van der Waals surface area contributed by atoms with Gasteiger partial charge in [0.25, 0.3) is 0 Å². The van der Waals surface area contributed by atoms with Gasteiger partial charge in [-0.2, -0.15) is 9.53 Å². The van der Waals surface area contributed by atoms with Crippen molar-refractivity contribution >= 4 is 26.9 Å². The smallest absolute Gasteiger partial charge is 0.291 e. The van der Waals surface area contributed by atoms with Crippen molar-refractivity contribution < 1.29 is 27.2 Å². The van der Waals surface area contributed by atoms with E-state index in [2.05, 4.69) is 23.4 Å². The van der Waals surface area contributed by atoms with Crippen LogP contribution in [0.15, 0.2) is 9.53 Å². The number of hydrogen-bond acceptors (Lipinski definition) is 6. The summed E-state index contributed by atoms with van der Waals surface area (Å²) >= 11 is 0. The van der Waals surface area contributed by atoms with Gasteiger partial charge < -0.3 is 0 Å². The molecule has 4 saturated carbocycles. The SMILES string of the molecule is CCOP(=O)(/N=C1/C2CCC(C2)C1C)OCC.CCOP(=O)(/N=C1/C2CCC(C2)C1C)OCC. The highest BCUT2D eigenvalue weighted by Gasteiger charge is 2.45. The van der Waals surface area contributed by atoms with E-state index < -0.39 is 15.5 Å². The van der Waals surface area contributed by atoms with E-state index in [0.717, 1.165) is 23.3 Å². The molecule has 0 saturated heterocycles. The van der Waals surface area contributed by atoms with Crippen molar-refractivity contribution in [3.63, 3.8) is 0 Å². The zero-order chi connectivity index (χ0) is 24.9. The van der Waals surface area contributed by atoms with Gasteiger partial charge in [0.05, 0.1) is 26.4 Å². The summed E-state index contributed by atoms with van der Waals surface area (Å²) in [6, 6.07) is 0. The number of nitrogens with zero attached hydrogens (tertiary/aromatic N) is 2. The van der Waals surface area contributed by atoms with Crippen LogP contribution in [0.25, 0.3) is 0 Å².